The van der Waals surface area contributed by atoms with Crippen LogP contribution in [0.1, 0.15) is 24.2 Å². The third-order valence-corrected chi connectivity index (χ3v) is 3.41. The topological polar surface area (TPSA) is 73.9 Å². The van der Waals surface area contributed by atoms with Gasteiger partial charge < -0.3 is 19.5 Å². The summed E-state index contributed by atoms with van der Waals surface area (Å²) in [4.78, 5) is 23.8. The molecule has 0 heterocycles. The Kier molecular flexibility index (Phi) is 6.39. The maximum absolute atomic E-state index is 12.2. The fourth-order valence-electron chi connectivity index (χ4n) is 2.06. The number of rotatable bonds is 7. The number of benzene rings is 2. The van der Waals surface area contributed by atoms with Crippen LogP contribution in [-0.2, 0) is 9.53 Å². The molecule has 132 valence electrons. The van der Waals surface area contributed by atoms with E-state index in [2.05, 4.69) is 5.32 Å². The number of anilines is 1. The summed E-state index contributed by atoms with van der Waals surface area (Å²) in [6, 6.07) is 13.5. The molecule has 0 bridgehead atoms. The Morgan fingerprint density at radius 1 is 1.00 bits per heavy atom. The van der Waals surface area contributed by atoms with Crippen LogP contribution in [0.5, 0.6) is 11.5 Å². The van der Waals surface area contributed by atoms with Crippen molar-refractivity contribution >= 4 is 17.6 Å². The van der Waals surface area contributed by atoms with Crippen molar-refractivity contribution in [1.82, 2.24) is 0 Å². The van der Waals surface area contributed by atoms with Crippen molar-refractivity contribution in [3.05, 3.63) is 54.1 Å². The van der Waals surface area contributed by atoms with Crippen molar-refractivity contribution in [1.29, 1.82) is 0 Å². The molecular weight excluding hydrogens is 322 g/mol. The number of esters is 1. The Morgan fingerprint density at radius 2 is 1.60 bits per heavy atom. The third-order valence-electron chi connectivity index (χ3n) is 3.41. The summed E-state index contributed by atoms with van der Waals surface area (Å²) in [6.07, 6.45) is -0.682. The molecule has 0 spiro atoms. The second-order valence-corrected chi connectivity index (χ2v) is 5.22. The maximum Gasteiger partial charge on any atom is 0.338 e. The molecule has 6 heteroatoms. The first kappa shape index (κ1) is 18.3. The average molecular weight is 343 g/mol. The summed E-state index contributed by atoms with van der Waals surface area (Å²) in [6.45, 7) is 3.72. The lowest BCUT2D eigenvalue weighted by atomic mass is 10.2. The molecule has 0 radical (unpaired) electrons. The van der Waals surface area contributed by atoms with Crippen LogP contribution >= 0.6 is 0 Å². The van der Waals surface area contributed by atoms with Gasteiger partial charge in [-0.25, -0.2) is 4.79 Å². The first-order chi connectivity index (χ1) is 12.0. The standard InChI is InChI=1S/C19H21NO5/c1-4-24-19(22)14-5-7-15(8-6-14)20-18(21)13(2)25-17-11-9-16(23-3)10-12-17/h5-13H,4H2,1-3H3,(H,20,21)/t13-/m1/s1. The van der Waals surface area contributed by atoms with Crippen molar-refractivity contribution in [3.63, 3.8) is 0 Å². The summed E-state index contributed by atoms with van der Waals surface area (Å²) in [5, 5.41) is 2.74. The van der Waals surface area contributed by atoms with Crippen LogP contribution in [0.3, 0.4) is 0 Å². The van der Waals surface area contributed by atoms with Crippen molar-refractivity contribution in [3.8, 4) is 11.5 Å². The zero-order chi connectivity index (χ0) is 18.2. The first-order valence-electron chi connectivity index (χ1n) is 7.92. The van der Waals surface area contributed by atoms with Gasteiger partial charge in [0.05, 0.1) is 19.3 Å². The van der Waals surface area contributed by atoms with Gasteiger partial charge in [0.25, 0.3) is 5.91 Å². The van der Waals surface area contributed by atoms with Crippen LogP contribution in [0.25, 0.3) is 0 Å². The molecule has 0 aliphatic rings. The first-order valence-corrected chi connectivity index (χ1v) is 7.92. The van der Waals surface area contributed by atoms with Crippen molar-refractivity contribution in [2.45, 2.75) is 20.0 Å². The van der Waals surface area contributed by atoms with Gasteiger partial charge in [0.2, 0.25) is 0 Å². The molecule has 0 fully saturated rings. The van der Waals surface area contributed by atoms with Gasteiger partial charge in [0, 0.05) is 5.69 Å². The highest BCUT2D eigenvalue weighted by Gasteiger charge is 2.15. The predicted molar refractivity (Wildman–Crippen MR) is 94.1 cm³/mol. The number of hydrogen-bond acceptors (Lipinski definition) is 5. The van der Waals surface area contributed by atoms with Crippen molar-refractivity contribution in [2.75, 3.05) is 19.0 Å². The van der Waals surface area contributed by atoms with Crippen LogP contribution < -0.4 is 14.8 Å². The van der Waals surface area contributed by atoms with Gasteiger partial charge in [-0.15, -0.1) is 0 Å². The molecule has 0 unspecified atom stereocenters. The van der Waals surface area contributed by atoms with E-state index in [0.29, 0.717) is 29.4 Å². The molecule has 0 aromatic heterocycles. The summed E-state index contributed by atoms with van der Waals surface area (Å²) < 4.78 is 15.6. The Bertz CT molecular complexity index is 710. The second kappa shape index (κ2) is 8.73. The normalized spacial score (nSPS) is 11.3. The molecule has 0 aliphatic heterocycles. The van der Waals surface area contributed by atoms with E-state index >= 15 is 0 Å². The summed E-state index contributed by atoms with van der Waals surface area (Å²) in [5.74, 6) is 0.600. The van der Waals surface area contributed by atoms with Gasteiger partial charge in [-0.05, 0) is 62.4 Å². The molecule has 2 aromatic carbocycles. The third kappa shape index (κ3) is 5.24. The zero-order valence-electron chi connectivity index (χ0n) is 14.4. The van der Waals surface area contributed by atoms with Crippen LogP contribution in [0.4, 0.5) is 5.69 Å². The number of ether oxygens (including phenoxy) is 3. The SMILES string of the molecule is CCOC(=O)c1ccc(NC(=O)[C@@H](C)Oc2ccc(OC)cc2)cc1. The lowest BCUT2D eigenvalue weighted by molar-refractivity contribution is -0.122. The van der Waals surface area contributed by atoms with Gasteiger partial charge in [0.15, 0.2) is 6.10 Å². The van der Waals surface area contributed by atoms with E-state index < -0.39 is 12.1 Å². The van der Waals surface area contributed by atoms with Gasteiger partial charge in [-0.3, -0.25) is 4.79 Å². The molecule has 6 nitrogen and oxygen atoms in total. The van der Waals surface area contributed by atoms with Gasteiger partial charge in [0.1, 0.15) is 11.5 Å². The Labute approximate surface area is 146 Å². The van der Waals surface area contributed by atoms with E-state index in [4.69, 9.17) is 14.2 Å². The number of carbonyl (C=O) groups excluding carboxylic acids is 2. The number of amides is 1. The fraction of sp³-hybridized carbons (Fsp3) is 0.263. The lowest BCUT2D eigenvalue weighted by Crippen LogP contribution is -2.30. The van der Waals surface area contributed by atoms with E-state index in [1.807, 2.05) is 0 Å². The molecule has 1 N–H and O–H groups in total. The van der Waals surface area contributed by atoms with Crippen LogP contribution in [0.2, 0.25) is 0 Å². The van der Waals surface area contributed by atoms with E-state index in [9.17, 15) is 9.59 Å². The molecule has 2 rings (SSSR count). The minimum atomic E-state index is -0.682. The average Bonchev–Trinajstić information content (AvgIpc) is 2.63. The summed E-state index contributed by atoms with van der Waals surface area (Å²) in [5.41, 5.74) is 1.01. The highest BCUT2D eigenvalue weighted by Crippen LogP contribution is 2.19. The number of carbonyl (C=O) groups is 2. The summed E-state index contributed by atoms with van der Waals surface area (Å²) >= 11 is 0. The van der Waals surface area contributed by atoms with Gasteiger partial charge >= 0.3 is 5.97 Å². The number of nitrogens with one attached hydrogen (secondary N) is 1. The highest BCUT2D eigenvalue weighted by atomic mass is 16.5. The van der Waals surface area contributed by atoms with Crippen LogP contribution in [-0.4, -0.2) is 31.7 Å². The largest absolute Gasteiger partial charge is 0.497 e. The summed E-state index contributed by atoms with van der Waals surface area (Å²) in [7, 11) is 1.58. The molecule has 1 atom stereocenters. The molecule has 0 saturated carbocycles. The second-order valence-electron chi connectivity index (χ2n) is 5.22. The van der Waals surface area contributed by atoms with Crippen LogP contribution in [0, 0.1) is 0 Å². The smallest absolute Gasteiger partial charge is 0.338 e. The van der Waals surface area contributed by atoms with E-state index in [1.54, 1.807) is 69.5 Å². The van der Waals surface area contributed by atoms with E-state index in [-0.39, 0.29) is 5.91 Å². The van der Waals surface area contributed by atoms with Crippen molar-refractivity contribution < 1.29 is 23.8 Å². The fourth-order valence-corrected chi connectivity index (χ4v) is 2.06. The number of methoxy groups -OCH3 is 1. The Hall–Kier alpha value is -3.02. The van der Waals surface area contributed by atoms with Gasteiger partial charge in [-0.2, -0.15) is 0 Å². The van der Waals surface area contributed by atoms with E-state index in [0.717, 1.165) is 0 Å². The number of hydrogen-bond donors (Lipinski definition) is 1. The zero-order valence-corrected chi connectivity index (χ0v) is 14.4. The van der Waals surface area contributed by atoms with Crippen molar-refractivity contribution in [2.24, 2.45) is 0 Å². The van der Waals surface area contributed by atoms with E-state index in [1.165, 1.54) is 0 Å². The quantitative estimate of drug-likeness (QED) is 0.781. The molecule has 2 aromatic rings. The minimum absolute atomic E-state index is 0.292. The minimum Gasteiger partial charge on any atom is -0.497 e. The monoisotopic (exact) mass is 343 g/mol. The molecular formula is C19H21NO5. The molecule has 1 amide bonds. The van der Waals surface area contributed by atoms with Gasteiger partial charge in [-0.1, -0.05) is 0 Å². The van der Waals surface area contributed by atoms with Crippen LogP contribution in [0.15, 0.2) is 48.5 Å². The molecule has 0 saturated heterocycles. The Balaban J connectivity index is 1.92. The lowest BCUT2D eigenvalue weighted by Gasteiger charge is -2.15. The molecule has 25 heavy (non-hydrogen) atoms. The Morgan fingerprint density at radius 3 is 2.16 bits per heavy atom. The maximum atomic E-state index is 12.2. The predicted octanol–water partition coefficient (Wildman–Crippen LogP) is 3.28. The molecule has 0 aliphatic carbocycles. The highest BCUT2D eigenvalue weighted by molar-refractivity contribution is 5.95.